The highest BCUT2D eigenvalue weighted by Crippen LogP contribution is 2.22. The van der Waals surface area contributed by atoms with Crippen molar-refractivity contribution in [2.24, 2.45) is 0 Å². The molecule has 4 rings (SSSR count). The summed E-state index contributed by atoms with van der Waals surface area (Å²) in [6.07, 6.45) is 4.77. The van der Waals surface area contributed by atoms with Crippen LogP contribution in [0.4, 0.5) is 0 Å². The molecule has 1 saturated carbocycles. The van der Waals surface area contributed by atoms with Crippen LogP contribution < -0.4 is 5.32 Å². The Bertz CT molecular complexity index is 1120. The quantitative estimate of drug-likeness (QED) is 0.324. The van der Waals surface area contributed by atoms with Gasteiger partial charge in [-0.1, -0.05) is 97.2 Å². The van der Waals surface area contributed by atoms with Crippen LogP contribution in [0.1, 0.15) is 42.4 Å². The molecule has 0 unspecified atom stereocenters. The summed E-state index contributed by atoms with van der Waals surface area (Å²) in [6.45, 7) is 0.396. The fourth-order valence-electron chi connectivity index (χ4n) is 4.67. The molecule has 0 aliphatic heterocycles. The molecule has 36 heavy (non-hydrogen) atoms. The Kier molecular flexibility index (Phi) is 9.88. The fraction of sp³-hybridized carbons (Fsp3) is 0.333. The highest BCUT2D eigenvalue weighted by atomic mass is 35.5. The number of carbonyl (C=O) groups is 2. The molecule has 1 atom stereocenters. The number of amides is 2. The third kappa shape index (κ3) is 7.87. The highest BCUT2D eigenvalue weighted by Gasteiger charge is 2.32. The molecule has 188 valence electrons. The molecule has 0 aromatic heterocycles. The van der Waals surface area contributed by atoms with Crippen LogP contribution >= 0.6 is 23.4 Å². The van der Waals surface area contributed by atoms with Gasteiger partial charge in [0.25, 0.3) is 0 Å². The first-order chi connectivity index (χ1) is 17.6. The van der Waals surface area contributed by atoms with Gasteiger partial charge >= 0.3 is 0 Å². The summed E-state index contributed by atoms with van der Waals surface area (Å²) in [5.41, 5.74) is 3.13. The third-order valence-electron chi connectivity index (χ3n) is 6.55. The molecule has 0 bridgehead atoms. The fourth-order valence-corrected chi connectivity index (χ4v) is 5.74. The minimum absolute atomic E-state index is 0.0339. The van der Waals surface area contributed by atoms with E-state index in [1.807, 2.05) is 84.9 Å². The van der Waals surface area contributed by atoms with Gasteiger partial charge in [-0.05, 0) is 41.7 Å². The molecule has 0 spiro atoms. The zero-order chi connectivity index (χ0) is 25.2. The van der Waals surface area contributed by atoms with Crippen molar-refractivity contribution >= 4 is 35.2 Å². The third-order valence-corrected chi connectivity index (χ3v) is 7.78. The largest absolute Gasteiger partial charge is 0.352 e. The van der Waals surface area contributed by atoms with Crippen molar-refractivity contribution in [3.05, 3.63) is 107 Å². The summed E-state index contributed by atoms with van der Waals surface area (Å²) >= 11 is 7.67. The molecule has 6 heteroatoms. The van der Waals surface area contributed by atoms with E-state index in [0.717, 1.165) is 42.4 Å². The van der Waals surface area contributed by atoms with Crippen molar-refractivity contribution < 1.29 is 9.59 Å². The summed E-state index contributed by atoms with van der Waals surface area (Å²) in [5, 5.41) is 3.95. The number of rotatable bonds is 11. The number of nitrogens with one attached hydrogen (secondary N) is 1. The van der Waals surface area contributed by atoms with Crippen LogP contribution in [0.15, 0.2) is 84.9 Å². The van der Waals surface area contributed by atoms with Crippen LogP contribution in [0, 0.1) is 0 Å². The standard InChI is InChI=1S/C30H33ClN2O2S/c31-26-15-9-14-25(18-26)21-36-22-29(34)33(20-24-12-5-2-6-13-24)28(19-23-10-3-1-4-11-23)30(35)32-27-16-7-8-17-27/h1-6,9-15,18,27-28H,7-8,16-17,19-22H2,(H,32,35)/t28-/m0/s1. The lowest BCUT2D eigenvalue weighted by Gasteiger charge is -2.32. The van der Waals surface area contributed by atoms with E-state index >= 15 is 0 Å². The Balaban J connectivity index is 1.54. The summed E-state index contributed by atoms with van der Waals surface area (Å²) in [5.74, 6) is 0.882. The van der Waals surface area contributed by atoms with E-state index in [0.29, 0.717) is 29.5 Å². The van der Waals surface area contributed by atoms with Crippen LogP contribution in [0.5, 0.6) is 0 Å². The first-order valence-electron chi connectivity index (χ1n) is 12.6. The zero-order valence-electron chi connectivity index (χ0n) is 20.4. The molecule has 1 fully saturated rings. The lowest BCUT2D eigenvalue weighted by atomic mass is 10.0. The topological polar surface area (TPSA) is 49.4 Å². The Hall–Kier alpha value is -2.76. The summed E-state index contributed by atoms with van der Waals surface area (Å²) in [6, 6.07) is 27.2. The summed E-state index contributed by atoms with van der Waals surface area (Å²) < 4.78 is 0. The molecule has 0 radical (unpaired) electrons. The minimum atomic E-state index is -0.576. The van der Waals surface area contributed by atoms with Crippen molar-refractivity contribution in [1.29, 1.82) is 0 Å². The first kappa shape index (κ1) is 26.3. The maximum absolute atomic E-state index is 13.7. The summed E-state index contributed by atoms with van der Waals surface area (Å²) in [4.78, 5) is 29.1. The van der Waals surface area contributed by atoms with Gasteiger partial charge in [0.1, 0.15) is 6.04 Å². The van der Waals surface area contributed by atoms with Crippen molar-refractivity contribution in [3.63, 3.8) is 0 Å². The van der Waals surface area contributed by atoms with Crippen LogP contribution in [0.2, 0.25) is 5.02 Å². The molecular formula is C30H33ClN2O2S. The lowest BCUT2D eigenvalue weighted by Crippen LogP contribution is -2.52. The van der Waals surface area contributed by atoms with Gasteiger partial charge in [0.15, 0.2) is 0 Å². The number of thioether (sulfide) groups is 1. The van der Waals surface area contributed by atoms with Gasteiger partial charge in [-0.3, -0.25) is 9.59 Å². The number of hydrogen-bond acceptors (Lipinski definition) is 3. The van der Waals surface area contributed by atoms with Crippen molar-refractivity contribution in [2.75, 3.05) is 5.75 Å². The van der Waals surface area contributed by atoms with Crippen LogP contribution in [-0.2, 0) is 28.3 Å². The number of carbonyl (C=O) groups excluding carboxylic acids is 2. The summed E-state index contributed by atoms with van der Waals surface area (Å²) in [7, 11) is 0. The van der Waals surface area contributed by atoms with E-state index in [1.54, 1.807) is 16.7 Å². The van der Waals surface area contributed by atoms with Gasteiger partial charge in [-0.15, -0.1) is 11.8 Å². The van der Waals surface area contributed by atoms with Gasteiger partial charge < -0.3 is 10.2 Å². The second-order valence-electron chi connectivity index (χ2n) is 9.33. The molecule has 3 aromatic carbocycles. The van der Waals surface area contributed by atoms with Gasteiger partial charge in [0.2, 0.25) is 11.8 Å². The second-order valence-corrected chi connectivity index (χ2v) is 10.7. The molecular weight excluding hydrogens is 488 g/mol. The van der Waals surface area contributed by atoms with E-state index in [-0.39, 0.29) is 17.9 Å². The van der Waals surface area contributed by atoms with Crippen molar-refractivity contribution in [1.82, 2.24) is 10.2 Å². The predicted octanol–water partition coefficient (Wildman–Crippen LogP) is 6.27. The van der Waals surface area contributed by atoms with E-state index in [4.69, 9.17) is 11.6 Å². The molecule has 2 amide bonds. The van der Waals surface area contributed by atoms with Crippen LogP contribution in [-0.4, -0.2) is 34.6 Å². The Morgan fingerprint density at radius 1 is 0.889 bits per heavy atom. The molecule has 0 heterocycles. The zero-order valence-corrected chi connectivity index (χ0v) is 22.0. The predicted molar refractivity (Wildman–Crippen MR) is 149 cm³/mol. The van der Waals surface area contributed by atoms with Gasteiger partial charge in [-0.25, -0.2) is 0 Å². The first-order valence-corrected chi connectivity index (χ1v) is 14.1. The van der Waals surface area contributed by atoms with Gasteiger partial charge in [0, 0.05) is 29.8 Å². The molecule has 3 aromatic rings. The highest BCUT2D eigenvalue weighted by molar-refractivity contribution is 7.99. The second kappa shape index (κ2) is 13.5. The van der Waals surface area contributed by atoms with Crippen LogP contribution in [0.25, 0.3) is 0 Å². The Labute approximate surface area is 223 Å². The Morgan fingerprint density at radius 3 is 2.19 bits per heavy atom. The minimum Gasteiger partial charge on any atom is -0.352 e. The molecule has 1 aliphatic carbocycles. The number of halogens is 1. The average Bonchev–Trinajstić information content (AvgIpc) is 3.40. The van der Waals surface area contributed by atoms with Gasteiger partial charge in [0.05, 0.1) is 5.75 Å². The van der Waals surface area contributed by atoms with Gasteiger partial charge in [-0.2, -0.15) is 0 Å². The number of nitrogens with zero attached hydrogens (tertiary/aromatic N) is 1. The molecule has 0 saturated heterocycles. The number of hydrogen-bond donors (Lipinski definition) is 1. The Morgan fingerprint density at radius 2 is 1.53 bits per heavy atom. The van der Waals surface area contributed by atoms with Crippen molar-refractivity contribution in [3.8, 4) is 0 Å². The maximum Gasteiger partial charge on any atom is 0.243 e. The average molecular weight is 521 g/mol. The smallest absolute Gasteiger partial charge is 0.243 e. The van der Waals surface area contributed by atoms with Crippen molar-refractivity contribution in [2.45, 2.75) is 56.5 Å². The van der Waals surface area contributed by atoms with E-state index in [9.17, 15) is 9.59 Å². The van der Waals surface area contributed by atoms with Crippen LogP contribution in [0.3, 0.4) is 0 Å². The molecule has 1 aliphatic rings. The van der Waals surface area contributed by atoms with E-state index in [1.165, 1.54) is 0 Å². The SMILES string of the molecule is O=C(NC1CCCC1)[C@H](Cc1ccccc1)N(Cc1ccccc1)C(=O)CSCc1cccc(Cl)c1. The van der Waals surface area contributed by atoms with E-state index in [2.05, 4.69) is 5.32 Å². The maximum atomic E-state index is 13.7. The molecule has 1 N–H and O–H groups in total. The monoisotopic (exact) mass is 520 g/mol. The lowest BCUT2D eigenvalue weighted by molar-refractivity contribution is -0.139. The normalized spacial score (nSPS) is 14.4. The number of benzene rings is 3. The van der Waals surface area contributed by atoms with E-state index < -0.39 is 6.04 Å². The molecule has 4 nitrogen and oxygen atoms in total.